The van der Waals surface area contributed by atoms with Gasteiger partial charge in [0.1, 0.15) is 0 Å². The highest BCUT2D eigenvalue weighted by atomic mass is 35.5. The third-order valence-electron chi connectivity index (χ3n) is 5.27. The van der Waals surface area contributed by atoms with Gasteiger partial charge in [-0.05, 0) is 56.3 Å². The number of hydrogen-bond donors (Lipinski definition) is 1. The van der Waals surface area contributed by atoms with Crippen LogP contribution in [0.1, 0.15) is 37.7 Å². The number of para-hydroxylation sites is 1. The number of anilines is 1. The molecule has 0 spiro atoms. The minimum absolute atomic E-state index is 0. The van der Waals surface area contributed by atoms with Gasteiger partial charge >= 0.3 is 0 Å². The summed E-state index contributed by atoms with van der Waals surface area (Å²) >= 11 is 0. The van der Waals surface area contributed by atoms with E-state index in [0.717, 1.165) is 37.2 Å². The summed E-state index contributed by atoms with van der Waals surface area (Å²) in [6.07, 6.45) is 6.55. The van der Waals surface area contributed by atoms with Crippen molar-refractivity contribution in [2.45, 2.75) is 38.5 Å². The Bertz CT molecular complexity index is 535. The minimum Gasteiger partial charge on any atom is -0.399 e. The van der Waals surface area contributed by atoms with Crippen LogP contribution in [0.2, 0.25) is 0 Å². The number of carbonyl (C=O) groups excluding carboxylic acids is 1. The third-order valence-corrected chi connectivity index (χ3v) is 5.27. The maximum Gasteiger partial charge on any atom is 0.222 e. The molecule has 25 heavy (non-hydrogen) atoms. The first-order chi connectivity index (χ1) is 11.2. The number of likely N-dealkylation sites (tertiary alicyclic amines) is 2. The molecule has 2 fully saturated rings. The molecule has 0 radical (unpaired) electrons. The number of rotatable bonds is 5. The van der Waals surface area contributed by atoms with E-state index < -0.39 is 0 Å². The van der Waals surface area contributed by atoms with Crippen molar-refractivity contribution in [2.24, 2.45) is 5.92 Å². The van der Waals surface area contributed by atoms with Crippen LogP contribution in [-0.4, -0.2) is 48.4 Å². The predicted octanol–water partition coefficient (Wildman–Crippen LogP) is 3.38. The molecule has 1 amide bonds. The van der Waals surface area contributed by atoms with Gasteiger partial charge in [0.05, 0.1) is 0 Å². The number of piperidine rings is 1. The molecule has 0 aliphatic carbocycles. The summed E-state index contributed by atoms with van der Waals surface area (Å²) in [6, 6.07) is 7.85. The summed E-state index contributed by atoms with van der Waals surface area (Å²) in [6.45, 7) is 5.55. The molecule has 1 aromatic carbocycles. The lowest BCUT2D eigenvalue weighted by Gasteiger charge is -2.29. The van der Waals surface area contributed by atoms with Crippen molar-refractivity contribution in [1.29, 1.82) is 0 Å². The zero-order chi connectivity index (χ0) is 16.1. The van der Waals surface area contributed by atoms with Crippen LogP contribution in [0.5, 0.6) is 0 Å². The summed E-state index contributed by atoms with van der Waals surface area (Å²) in [7, 11) is 0. The van der Waals surface area contributed by atoms with Crippen LogP contribution in [0.4, 0.5) is 5.69 Å². The van der Waals surface area contributed by atoms with Crippen molar-refractivity contribution < 1.29 is 4.79 Å². The average Bonchev–Trinajstić information content (AvgIpc) is 3.03. The molecule has 2 aliphatic rings. The Morgan fingerprint density at radius 3 is 2.52 bits per heavy atom. The topological polar surface area (TPSA) is 49.6 Å². The first-order valence-electron chi connectivity index (χ1n) is 9.06. The molecular formula is C19H31Cl2N3O. The Kier molecular flexibility index (Phi) is 9.62. The lowest BCUT2D eigenvalue weighted by atomic mass is 10.1. The fourth-order valence-electron chi connectivity index (χ4n) is 3.88. The van der Waals surface area contributed by atoms with E-state index >= 15 is 0 Å². The van der Waals surface area contributed by atoms with E-state index in [4.69, 9.17) is 5.73 Å². The molecule has 0 aromatic heterocycles. The molecule has 0 saturated carbocycles. The number of carbonyl (C=O) groups is 1. The fraction of sp³-hybridized carbons (Fsp3) is 0.632. The molecule has 142 valence electrons. The Labute approximate surface area is 163 Å². The summed E-state index contributed by atoms with van der Waals surface area (Å²) < 4.78 is 0. The molecule has 1 atom stereocenters. The highest BCUT2D eigenvalue weighted by molar-refractivity contribution is 5.85. The van der Waals surface area contributed by atoms with Gasteiger partial charge in [-0.1, -0.05) is 24.6 Å². The number of hydrogen-bond acceptors (Lipinski definition) is 3. The highest BCUT2D eigenvalue weighted by Gasteiger charge is 2.27. The number of aryl methyl sites for hydroxylation is 1. The molecule has 4 nitrogen and oxygen atoms in total. The molecule has 3 rings (SSSR count). The second-order valence-electron chi connectivity index (χ2n) is 7.05. The number of amides is 1. The SMILES string of the molecule is Cl.Cl.Nc1ccccc1CCC(=O)N1CCC(CN2CCCCC2)C1. The molecule has 6 heteroatoms. The van der Waals surface area contributed by atoms with Crippen molar-refractivity contribution >= 4 is 36.4 Å². The van der Waals surface area contributed by atoms with Gasteiger partial charge in [-0.3, -0.25) is 4.79 Å². The van der Waals surface area contributed by atoms with Crippen molar-refractivity contribution in [1.82, 2.24) is 9.80 Å². The summed E-state index contributed by atoms with van der Waals surface area (Å²) in [4.78, 5) is 17.1. The lowest BCUT2D eigenvalue weighted by Crippen LogP contribution is -2.36. The largest absolute Gasteiger partial charge is 0.399 e. The molecule has 2 N–H and O–H groups in total. The lowest BCUT2D eigenvalue weighted by molar-refractivity contribution is -0.130. The van der Waals surface area contributed by atoms with Crippen molar-refractivity contribution in [3.05, 3.63) is 29.8 Å². The fourth-order valence-corrected chi connectivity index (χ4v) is 3.88. The van der Waals surface area contributed by atoms with Crippen LogP contribution in [0.3, 0.4) is 0 Å². The summed E-state index contributed by atoms with van der Waals surface area (Å²) in [5, 5.41) is 0. The van der Waals surface area contributed by atoms with Gasteiger partial charge in [0.15, 0.2) is 0 Å². The molecule has 2 saturated heterocycles. The van der Waals surface area contributed by atoms with E-state index in [2.05, 4.69) is 9.80 Å². The second-order valence-corrected chi connectivity index (χ2v) is 7.05. The smallest absolute Gasteiger partial charge is 0.222 e. The van der Waals surface area contributed by atoms with Gasteiger partial charge in [0, 0.05) is 31.7 Å². The molecule has 0 bridgehead atoms. The second kappa shape index (κ2) is 10.9. The van der Waals surface area contributed by atoms with Crippen LogP contribution in [-0.2, 0) is 11.2 Å². The van der Waals surface area contributed by atoms with E-state index in [9.17, 15) is 4.79 Å². The van der Waals surface area contributed by atoms with Crippen molar-refractivity contribution in [3.8, 4) is 0 Å². The Balaban J connectivity index is 0.00000156. The van der Waals surface area contributed by atoms with E-state index in [0.29, 0.717) is 12.3 Å². The van der Waals surface area contributed by atoms with E-state index in [1.165, 1.54) is 38.9 Å². The van der Waals surface area contributed by atoms with Gasteiger partial charge in [-0.25, -0.2) is 0 Å². The average molecular weight is 388 g/mol. The Morgan fingerprint density at radius 2 is 1.80 bits per heavy atom. The van der Waals surface area contributed by atoms with Gasteiger partial charge < -0.3 is 15.5 Å². The number of nitrogen functional groups attached to an aromatic ring is 1. The van der Waals surface area contributed by atoms with Crippen molar-refractivity contribution in [2.75, 3.05) is 38.5 Å². The first-order valence-corrected chi connectivity index (χ1v) is 9.06. The summed E-state index contributed by atoms with van der Waals surface area (Å²) in [5.74, 6) is 0.952. The molecule has 2 aliphatic heterocycles. The number of nitrogens with two attached hydrogens (primary N) is 1. The van der Waals surface area contributed by atoms with E-state index in [1.807, 2.05) is 24.3 Å². The van der Waals surface area contributed by atoms with Gasteiger partial charge in [-0.2, -0.15) is 0 Å². The Morgan fingerprint density at radius 1 is 1.08 bits per heavy atom. The van der Waals surface area contributed by atoms with Gasteiger partial charge in [-0.15, -0.1) is 24.8 Å². The van der Waals surface area contributed by atoms with Crippen molar-refractivity contribution in [3.63, 3.8) is 0 Å². The third kappa shape index (κ3) is 6.36. The van der Waals surface area contributed by atoms with Crippen LogP contribution in [0, 0.1) is 5.92 Å². The Hall–Kier alpha value is -0.970. The first kappa shape index (κ1) is 22.1. The van der Waals surface area contributed by atoms with Crippen LogP contribution in [0.25, 0.3) is 0 Å². The van der Waals surface area contributed by atoms with E-state index in [-0.39, 0.29) is 30.7 Å². The quantitative estimate of drug-likeness (QED) is 0.787. The molecule has 1 aromatic rings. The van der Waals surface area contributed by atoms with Crippen LogP contribution in [0.15, 0.2) is 24.3 Å². The zero-order valence-corrected chi connectivity index (χ0v) is 16.5. The van der Waals surface area contributed by atoms with Gasteiger partial charge in [0.2, 0.25) is 5.91 Å². The zero-order valence-electron chi connectivity index (χ0n) is 14.9. The number of halogens is 2. The number of nitrogens with zero attached hydrogens (tertiary/aromatic N) is 2. The monoisotopic (exact) mass is 387 g/mol. The van der Waals surface area contributed by atoms with E-state index in [1.54, 1.807) is 0 Å². The molecular weight excluding hydrogens is 357 g/mol. The van der Waals surface area contributed by atoms with Crippen LogP contribution >= 0.6 is 24.8 Å². The summed E-state index contributed by atoms with van der Waals surface area (Å²) in [5.41, 5.74) is 7.84. The maximum absolute atomic E-state index is 12.4. The van der Waals surface area contributed by atoms with Gasteiger partial charge in [0.25, 0.3) is 0 Å². The normalized spacial score (nSPS) is 20.6. The maximum atomic E-state index is 12.4. The van der Waals surface area contributed by atoms with Crippen LogP contribution < -0.4 is 5.73 Å². The molecule has 1 unspecified atom stereocenters. The molecule has 2 heterocycles. The highest BCUT2D eigenvalue weighted by Crippen LogP contribution is 2.21. The standard InChI is InChI=1S/C19H29N3O.2ClH/c20-18-7-3-2-6-17(18)8-9-19(23)22-13-10-16(15-22)14-21-11-4-1-5-12-21;;/h2-3,6-7,16H,1,4-5,8-15,20H2;2*1H. The minimum atomic E-state index is 0. The number of benzene rings is 1. The predicted molar refractivity (Wildman–Crippen MR) is 109 cm³/mol.